The van der Waals surface area contributed by atoms with Gasteiger partial charge in [0, 0.05) is 6.07 Å². The highest BCUT2D eigenvalue weighted by Crippen LogP contribution is 2.56. The third-order valence-corrected chi connectivity index (χ3v) is 3.42. The first kappa shape index (κ1) is 11.4. The van der Waals surface area contributed by atoms with E-state index in [0.29, 0.717) is 5.92 Å². The van der Waals surface area contributed by atoms with Crippen LogP contribution in [0.4, 0.5) is 4.39 Å². The zero-order valence-electron chi connectivity index (χ0n) is 9.89. The summed E-state index contributed by atoms with van der Waals surface area (Å²) in [4.78, 5) is 15.3. The van der Waals surface area contributed by atoms with Crippen LogP contribution in [0, 0.1) is 11.7 Å². The molecule has 2 fully saturated rings. The van der Waals surface area contributed by atoms with Crippen molar-refractivity contribution in [1.82, 2.24) is 4.98 Å². The van der Waals surface area contributed by atoms with Gasteiger partial charge in [-0.05, 0) is 37.7 Å². The van der Waals surface area contributed by atoms with E-state index in [-0.39, 0.29) is 24.1 Å². The molecule has 5 heteroatoms. The number of ether oxygens (including phenoxy) is 2. The van der Waals surface area contributed by atoms with Gasteiger partial charge >= 0.3 is 5.97 Å². The molecule has 2 aliphatic rings. The van der Waals surface area contributed by atoms with Crippen molar-refractivity contribution < 1.29 is 18.7 Å². The van der Waals surface area contributed by atoms with E-state index in [9.17, 15) is 9.18 Å². The molecule has 2 saturated carbocycles. The van der Waals surface area contributed by atoms with Gasteiger partial charge in [-0.3, -0.25) is 0 Å². The monoisotopic (exact) mass is 251 g/mol. The molecule has 0 amide bonds. The molecule has 0 spiro atoms. The summed E-state index contributed by atoms with van der Waals surface area (Å²) in [6, 6.07) is 2.62. The highest BCUT2D eigenvalue weighted by atomic mass is 19.1. The lowest BCUT2D eigenvalue weighted by molar-refractivity contribution is -0.155. The van der Waals surface area contributed by atoms with Crippen molar-refractivity contribution in [2.75, 3.05) is 6.61 Å². The number of aromatic nitrogens is 1. The van der Waals surface area contributed by atoms with E-state index in [1.165, 1.54) is 12.1 Å². The summed E-state index contributed by atoms with van der Waals surface area (Å²) < 4.78 is 23.2. The Morgan fingerprint density at radius 2 is 2.22 bits per heavy atom. The van der Waals surface area contributed by atoms with Crippen LogP contribution in [0.15, 0.2) is 18.3 Å². The normalized spacial score (nSPS) is 20.3. The first-order valence-corrected chi connectivity index (χ1v) is 6.14. The summed E-state index contributed by atoms with van der Waals surface area (Å²) in [6.07, 6.45) is 5.31. The highest BCUT2D eigenvalue weighted by Gasteiger charge is 2.57. The Hall–Kier alpha value is -1.65. The summed E-state index contributed by atoms with van der Waals surface area (Å²) in [7, 11) is 0. The van der Waals surface area contributed by atoms with Gasteiger partial charge in [0.15, 0.2) is 6.61 Å². The maximum absolute atomic E-state index is 12.6. The fourth-order valence-corrected chi connectivity index (χ4v) is 2.16. The molecule has 0 atom stereocenters. The van der Waals surface area contributed by atoms with Crippen molar-refractivity contribution in [3.05, 3.63) is 24.1 Å². The number of pyridine rings is 1. The molecule has 0 aromatic carbocycles. The first-order chi connectivity index (χ1) is 8.68. The van der Waals surface area contributed by atoms with Gasteiger partial charge in [0.2, 0.25) is 5.88 Å². The summed E-state index contributed by atoms with van der Waals surface area (Å²) in [5, 5.41) is 0. The molecule has 1 heterocycles. The molecule has 0 saturated heterocycles. The van der Waals surface area contributed by atoms with E-state index in [1.807, 2.05) is 0 Å². The number of nitrogens with zero attached hydrogens (tertiary/aromatic N) is 1. The standard InChI is InChI=1S/C13H14FNO3/c14-10-3-4-11(15-7-10)17-8-12(16)18-13(5-6-13)9-1-2-9/h3-4,7,9H,1-2,5-6,8H2. The number of halogens is 1. The van der Waals surface area contributed by atoms with Gasteiger partial charge in [0.25, 0.3) is 0 Å². The molecule has 0 aliphatic heterocycles. The van der Waals surface area contributed by atoms with E-state index < -0.39 is 5.82 Å². The van der Waals surface area contributed by atoms with Crippen molar-refractivity contribution in [2.24, 2.45) is 5.92 Å². The van der Waals surface area contributed by atoms with E-state index in [4.69, 9.17) is 9.47 Å². The molecule has 18 heavy (non-hydrogen) atoms. The number of hydrogen-bond acceptors (Lipinski definition) is 4. The molecule has 0 N–H and O–H groups in total. The van der Waals surface area contributed by atoms with E-state index >= 15 is 0 Å². The maximum atomic E-state index is 12.6. The molecule has 0 bridgehead atoms. The van der Waals surface area contributed by atoms with Crippen LogP contribution in [-0.2, 0) is 9.53 Å². The van der Waals surface area contributed by atoms with Crippen molar-refractivity contribution >= 4 is 5.97 Å². The predicted octanol–water partition coefficient (Wildman–Crippen LogP) is 2.09. The second-order valence-electron chi connectivity index (χ2n) is 4.92. The van der Waals surface area contributed by atoms with Crippen LogP contribution in [-0.4, -0.2) is 23.2 Å². The Morgan fingerprint density at radius 3 is 2.78 bits per heavy atom. The fraction of sp³-hybridized carbons (Fsp3) is 0.538. The molecule has 0 unspecified atom stereocenters. The molecule has 96 valence electrons. The quantitative estimate of drug-likeness (QED) is 0.752. The topological polar surface area (TPSA) is 48.4 Å². The average molecular weight is 251 g/mol. The number of esters is 1. The Balaban J connectivity index is 1.48. The highest BCUT2D eigenvalue weighted by molar-refractivity contribution is 5.72. The molecular formula is C13H14FNO3. The minimum absolute atomic E-state index is 0.174. The largest absolute Gasteiger partial charge is 0.466 e. The fourth-order valence-electron chi connectivity index (χ4n) is 2.16. The summed E-state index contributed by atoms with van der Waals surface area (Å²) in [5.41, 5.74) is -0.184. The third-order valence-electron chi connectivity index (χ3n) is 3.42. The summed E-state index contributed by atoms with van der Waals surface area (Å²) in [5.74, 6) is -0.0175. The minimum atomic E-state index is -0.435. The van der Waals surface area contributed by atoms with Crippen molar-refractivity contribution in [2.45, 2.75) is 31.3 Å². The smallest absolute Gasteiger partial charge is 0.344 e. The van der Waals surface area contributed by atoms with Gasteiger partial charge in [0.1, 0.15) is 11.4 Å². The number of carbonyl (C=O) groups is 1. The van der Waals surface area contributed by atoms with Gasteiger partial charge in [-0.2, -0.15) is 0 Å². The number of hydrogen-bond donors (Lipinski definition) is 0. The van der Waals surface area contributed by atoms with Crippen LogP contribution in [0.2, 0.25) is 0 Å². The molecule has 3 rings (SSSR count). The average Bonchev–Trinajstić information content (AvgIpc) is 3.21. The van der Waals surface area contributed by atoms with Crippen LogP contribution in [0.25, 0.3) is 0 Å². The second-order valence-corrected chi connectivity index (χ2v) is 4.92. The van der Waals surface area contributed by atoms with Crippen LogP contribution < -0.4 is 4.74 Å². The minimum Gasteiger partial charge on any atom is -0.466 e. The van der Waals surface area contributed by atoms with Gasteiger partial charge in [-0.1, -0.05) is 0 Å². The van der Waals surface area contributed by atoms with Crippen molar-refractivity contribution in [3.8, 4) is 5.88 Å². The zero-order valence-corrected chi connectivity index (χ0v) is 9.89. The van der Waals surface area contributed by atoms with Crippen LogP contribution >= 0.6 is 0 Å². The Labute approximate surface area is 104 Å². The molecule has 4 nitrogen and oxygen atoms in total. The van der Waals surface area contributed by atoms with Gasteiger partial charge in [-0.15, -0.1) is 0 Å². The predicted molar refractivity (Wildman–Crippen MR) is 60.5 cm³/mol. The molecular weight excluding hydrogens is 237 g/mol. The van der Waals surface area contributed by atoms with Gasteiger partial charge < -0.3 is 9.47 Å². The van der Waals surface area contributed by atoms with E-state index in [0.717, 1.165) is 31.9 Å². The Morgan fingerprint density at radius 1 is 1.44 bits per heavy atom. The summed E-state index contributed by atoms with van der Waals surface area (Å²) in [6.45, 7) is -0.174. The lowest BCUT2D eigenvalue weighted by atomic mass is 10.2. The van der Waals surface area contributed by atoms with Crippen molar-refractivity contribution in [3.63, 3.8) is 0 Å². The second kappa shape index (κ2) is 4.23. The van der Waals surface area contributed by atoms with Gasteiger partial charge in [-0.25, -0.2) is 14.2 Å². The Bertz CT molecular complexity index is 452. The zero-order chi connectivity index (χ0) is 12.6. The van der Waals surface area contributed by atoms with E-state index in [2.05, 4.69) is 4.98 Å². The summed E-state index contributed by atoms with van der Waals surface area (Å²) >= 11 is 0. The van der Waals surface area contributed by atoms with E-state index in [1.54, 1.807) is 0 Å². The van der Waals surface area contributed by atoms with Crippen molar-refractivity contribution in [1.29, 1.82) is 0 Å². The molecule has 2 aliphatic carbocycles. The number of carbonyl (C=O) groups excluding carboxylic acids is 1. The lowest BCUT2D eigenvalue weighted by Crippen LogP contribution is -2.25. The molecule has 1 aromatic heterocycles. The van der Waals surface area contributed by atoms with Crippen LogP contribution in [0.5, 0.6) is 5.88 Å². The first-order valence-electron chi connectivity index (χ1n) is 6.14. The SMILES string of the molecule is O=C(COc1ccc(F)cn1)OC1(C2CC2)CC1. The third kappa shape index (κ3) is 2.44. The van der Waals surface area contributed by atoms with Gasteiger partial charge in [0.05, 0.1) is 6.20 Å². The molecule has 0 radical (unpaired) electrons. The maximum Gasteiger partial charge on any atom is 0.344 e. The molecule has 1 aromatic rings. The lowest BCUT2D eigenvalue weighted by Gasteiger charge is -2.15. The van der Waals surface area contributed by atoms with Crippen LogP contribution in [0.3, 0.4) is 0 Å². The van der Waals surface area contributed by atoms with Crippen LogP contribution in [0.1, 0.15) is 25.7 Å². The number of rotatable bonds is 5. The Kier molecular flexibility index (Phi) is 2.69.